The van der Waals surface area contributed by atoms with E-state index in [1.54, 1.807) is 6.07 Å². The topological polar surface area (TPSA) is 59.3 Å². The number of hydrogen-bond acceptors (Lipinski definition) is 4. The molecule has 0 amide bonds. The average Bonchev–Trinajstić information content (AvgIpc) is 3.01. The Labute approximate surface area is 130 Å². The number of allylic oxidation sites excluding steroid dienone is 1. The molecule has 3 rings (SSSR count). The molecule has 0 saturated carbocycles. The van der Waals surface area contributed by atoms with Gasteiger partial charge in [-0.25, -0.2) is 8.78 Å². The summed E-state index contributed by atoms with van der Waals surface area (Å²) in [5.41, 5.74) is -0.648. The lowest BCUT2D eigenvalue weighted by atomic mass is 10.0. The summed E-state index contributed by atoms with van der Waals surface area (Å²) in [5, 5.41) is 9.15. The number of rotatable bonds is 3. The van der Waals surface area contributed by atoms with E-state index in [0.29, 0.717) is 11.5 Å². The zero-order valence-corrected chi connectivity index (χ0v) is 11.7. The van der Waals surface area contributed by atoms with E-state index >= 15 is 0 Å². The van der Waals surface area contributed by atoms with Crippen LogP contribution in [0.2, 0.25) is 0 Å². The molecule has 2 aromatic carbocycles. The Morgan fingerprint density at radius 2 is 1.83 bits per heavy atom. The fraction of sp³-hybridized carbons (Fsp3) is 0.0588. The van der Waals surface area contributed by atoms with E-state index < -0.39 is 23.0 Å². The van der Waals surface area contributed by atoms with Crippen molar-refractivity contribution in [1.29, 1.82) is 5.26 Å². The number of nitriles is 1. The van der Waals surface area contributed by atoms with Gasteiger partial charge in [0.1, 0.15) is 23.3 Å². The molecule has 0 radical (unpaired) electrons. The van der Waals surface area contributed by atoms with Crippen LogP contribution in [0.1, 0.15) is 15.9 Å². The van der Waals surface area contributed by atoms with Crippen LogP contribution in [0, 0.1) is 23.0 Å². The number of benzene rings is 2. The molecule has 1 aliphatic heterocycles. The average molecular weight is 313 g/mol. The molecule has 23 heavy (non-hydrogen) atoms. The van der Waals surface area contributed by atoms with Gasteiger partial charge in [0.25, 0.3) is 0 Å². The standard InChI is InChI=1S/C17H9F2NO3/c18-13-2-1-3-14(19)12(13)6-11(8-20)17(21)10-4-5-15-16(7-10)23-9-22-15/h1-7H,9H2. The lowest BCUT2D eigenvalue weighted by molar-refractivity contribution is 0.103. The summed E-state index contributed by atoms with van der Waals surface area (Å²) in [5.74, 6) is -1.49. The molecular formula is C17H9F2NO3. The van der Waals surface area contributed by atoms with Crippen LogP contribution in [-0.4, -0.2) is 12.6 Å². The van der Waals surface area contributed by atoms with E-state index in [-0.39, 0.29) is 17.9 Å². The van der Waals surface area contributed by atoms with Crippen LogP contribution in [0.4, 0.5) is 8.78 Å². The van der Waals surface area contributed by atoms with Gasteiger partial charge >= 0.3 is 0 Å². The fourth-order valence-electron chi connectivity index (χ4n) is 2.13. The third-order valence-corrected chi connectivity index (χ3v) is 3.29. The third-order valence-electron chi connectivity index (χ3n) is 3.29. The molecule has 0 N–H and O–H groups in total. The maximum absolute atomic E-state index is 13.7. The van der Waals surface area contributed by atoms with Gasteiger partial charge in [-0.15, -0.1) is 0 Å². The fourth-order valence-corrected chi connectivity index (χ4v) is 2.13. The Kier molecular flexibility index (Phi) is 3.77. The van der Waals surface area contributed by atoms with Crippen molar-refractivity contribution >= 4 is 11.9 Å². The number of ether oxygens (including phenoxy) is 2. The second-order valence-electron chi connectivity index (χ2n) is 4.70. The van der Waals surface area contributed by atoms with Gasteiger partial charge in [-0.3, -0.25) is 4.79 Å². The molecule has 1 heterocycles. The molecule has 1 aliphatic rings. The zero-order chi connectivity index (χ0) is 16.4. The van der Waals surface area contributed by atoms with E-state index in [4.69, 9.17) is 14.7 Å². The van der Waals surface area contributed by atoms with Crippen molar-refractivity contribution in [2.24, 2.45) is 0 Å². The number of fused-ring (bicyclic) bond motifs is 1. The van der Waals surface area contributed by atoms with Crippen molar-refractivity contribution in [3.8, 4) is 17.6 Å². The molecule has 0 spiro atoms. The van der Waals surface area contributed by atoms with Crippen LogP contribution >= 0.6 is 0 Å². The lowest BCUT2D eigenvalue weighted by Gasteiger charge is -2.03. The molecule has 0 aliphatic carbocycles. The van der Waals surface area contributed by atoms with Crippen molar-refractivity contribution < 1.29 is 23.0 Å². The molecule has 6 heteroatoms. The minimum Gasteiger partial charge on any atom is -0.454 e. The van der Waals surface area contributed by atoms with Crippen molar-refractivity contribution in [3.63, 3.8) is 0 Å². The minimum atomic E-state index is -0.851. The summed E-state index contributed by atoms with van der Waals surface area (Å²) in [6, 6.07) is 9.40. The van der Waals surface area contributed by atoms with Crippen LogP contribution in [0.3, 0.4) is 0 Å². The molecular weight excluding hydrogens is 304 g/mol. The predicted octanol–water partition coefficient (Wildman–Crippen LogP) is 3.48. The van der Waals surface area contributed by atoms with Crippen molar-refractivity contribution in [3.05, 3.63) is 64.7 Å². The van der Waals surface area contributed by atoms with E-state index in [1.165, 1.54) is 24.3 Å². The molecule has 114 valence electrons. The summed E-state index contributed by atoms with van der Waals surface area (Å²) in [6.07, 6.45) is 0.900. The number of hydrogen-bond donors (Lipinski definition) is 0. The van der Waals surface area contributed by atoms with Gasteiger partial charge in [0.2, 0.25) is 12.6 Å². The maximum atomic E-state index is 13.7. The lowest BCUT2D eigenvalue weighted by Crippen LogP contribution is -2.03. The summed E-state index contributed by atoms with van der Waals surface area (Å²) in [4.78, 5) is 12.4. The van der Waals surface area contributed by atoms with Gasteiger partial charge < -0.3 is 9.47 Å². The van der Waals surface area contributed by atoms with Crippen LogP contribution in [0.5, 0.6) is 11.5 Å². The van der Waals surface area contributed by atoms with Gasteiger partial charge in [0.05, 0.1) is 0 Å². The van der Waals surface area contributed by atoms with Gasteiger partial charge in [0.15, 0.2) is 11.5 Å². The highest BCUT2D eigenvalue weighted by Gasteiger charge is 2.19. The van der Waals surface area contributed by atoms with Crippen molar-refractivity contribution in [1.82, 2.24) is 0 Å². The van der Waals surface area contributed by atoms with Crippen molar-refractivity contribution in [2.75, 3.05) is 6.79 Å². The first-order chi connectivity index (χ1) is 11.1. The summed E-state index contributed by atoms with van der Waals surface area (Å²) in [6.45, 7) is 0.0500. The van der Waals surface area contributed by atoms with Crippen LogP contribution in [-0.2, 0) is 0 Å². The Morgan fingerprint density at radius 3 is 2.52 bits per heavy atom. The molecule has 0 saturated heterocycles. The number of halogens is 2. The largest absolute Gasteiger partial charge is 0.454 e. The van der Waals surface area contributed by atoms with Gasteiger partial charge in [-0.1, -0.05) is 6.07 Å². The Bertz CT molecular complexity index is 848. The number of carbonyl (C=O) groups excluding carboxylic acids is 1. The highest BCUT2D eigenvalue weighted by Crippen LogP contribution is 2.33. The highest BCUT2D eigenvalue weighted by molar-refractivity contribution is 6.14. The molecule has 0 unspecified atom stereocenters. The third kappa shape index (κ3) is 2.77. The first-order valence-corrected chi connectivity index (χ1v) is 6.60. The highest BCUT2D eigenvalue weighted by atomic mass is 19.1. The molecule has 0 bridgehead atoms. The van der Waals surface area contributed by atoms with Gasteiger partial charge in [-0.05, 0) is 36.4 Å². The second-order valence-corrected chi connectivity index (χ2v) is 4.70. The monoisotopic (exact) mass is 313 g/mol. The van der Waals surface area contributed by atoms with E-state index in [1.807, 2.05) is 0 Å². The normalized spacial score (nSPS) is 12.8. The Morgan fingerprint density at radius 1 is 1.13 bits per heavy atom. The van der Waals surface area contributed by atoms with E-state index in [9.17, 15) is 13.6 Å². The molecule has 0 fully saturated rings. The first kappa shape index (κ1) is 14.7. The smallest absolute Gasteiger partial charge is 0.231 e. The van der Waals surface area contributed by atoms with E-state index in [2.05, 4.69) is 0 Å². The van der Waals surface area contributed by atoms with Crippen molar-refractivity contribution in [2.45, 2.75) is 0 Å². The predicted molar refractivity (Wildman–Crippen MR) is 76.8 cm³/mol. The molecule has 2 aromatic rings. The molecule has 0 atom stereocenters. The van der Waals surface area contributed by atoms with Crippen LogP contribution in [0.25, 0.3) is 6.08 Å². The van der Waals surface area contributed by atoms with Crippen LogP contribution < -0.4 is 9.47 Å². The van der Waals surface area contributed by atoms with Gasteiger partial charge in [0, 0.05) is 11.1 Å². The first-order valence-electron chi connectivity index (χ1n) is 6.60. The molecule has 4 nitrogen and oxygen atoms in total. The van der Waals surface area contributed by atoms with E-state index in [0.717, 1.165) is 18.2 Å². The van der Waals surface area contributed by atoms with Crippen LogP contribution in [0.15, 0.2) is 42.0 Å². The zero-order valence-electron chi connectivity index (χ0n) is 11.7. The number of Topliss-reactive ketones (excluding diaryl/α,β-unsaturated/α-hetero) is 1. The summed E-state index contributed by atoms with van der Waals surface area (Å²) in [7, 11) is 0. The quantitative estimate of drug-likeness (QED) is 0.494. The second kappa shape index (κ2) is 5.89. The SMILES string of the molecule is N#CC(=Cc1c(F)cccc1F)C(=O)c1ccc2c(c1)OCO2. The number of carbonyl (C=O) groups is 1. The van der Waals surface area contributed by atoms with Gasteiger partial charge in [-0.2, -0.15) is 5.26 Å². The minimum absolute atomic E-state index is 0.0500. The Balaban J connectivity index is 2.00. The Hall–Kier alpha value is -3.20. The summed E-state index contributed by atoms with van der Waals surface area (Å²) >= 11 is 0. The molecule has 0 aromatic heterocycles. The summed E-state index contributed by atoms with van der Waals surface area (Å²) < 4.78 is 37.6. The number of nitrogens with zero attached hydrogens (tertiary/aromatic N) is 1. The maximum Gasteiger partial charge on any atom is 0.231 e. The number of ketones is 1.